The van der Waals surface area contributed by atoms with Gasteiger partial charge in [0.1, 0.15) is 12.7 Å². The average molecular weight is 299 g/mol. The fraction of sp³-hybridized carbons (Fsp3) is 0.267. The molecule has 0 aliphatic heterocycles. The van der Waals surface area contributed by atoms with Gasteiger partial charge in [0.25, 0.3) is 0 Å². The minimum Gasteiger partial charge on any atom is -0.476 e. The van der Waals surface area contributed by atoms with Crippen molar-refractivity contribution < 1.29 is 9.84 Å². The number of aliphatic hydroxyl groups is 1. The first-order chi connectivity index (χ1) is 10.8. The highest BCUT2D eigenvalue weighted by molar-refractivity contribution is 5.78. The van der Waals surface area contributed by atoms with Crippen LogP contribution in [-0.2, 0) is 0 Å². The number of nitrogens with one attached hydrogen (secondary N) is 1. The van der Waals surface area contributed by atoms with Gasteiger partial charge in [0, 0.05) is 12.2 Å². The van der Waals surface area contributed by atoms with E-state index < -0.39 is 0 Å². The molecule has 7 nitrogen and oxygen atoms in total. The Labute approximate surface area is 127 Å². The number of hydrogen-bond acceptors (Lipinski definition) is 6. The van der Waals surface area contributed by atoms with E-state index in [-0.39, 0.29) is 6.61 Å². The molecule has 2 aromatic heterocycles. The van der Waals surface area contributed by atoms with Gasteiger partial charge >= 0.3 is 0 Å². The number of aliphatic hydroxyl groups excluding tert-OH is 1. The summed E-state index contributed by atoms with van der Waals surface area (Å²) in [5, 5.41) is 12.0. The molecule has 0 radical (unpaired) electrons. The fourth-order valence-corrected chi connectivity index (χ4v) is 2.21. The molecule has 114 valence electrons. The maximum atomic E-state index is 8.89. The molecule has 0 spiro atoms. The van der Waals surface area contributed by atoms with Crippen LogP contribution in [0.5, 0.6) is 5.88 Å². The van der Waals surface area contributed by atoms with E-state index in [0.29, 0.717) is 30.2 Å². The van der Waals surface area contributed by atoms with Gasteiger partial charge in [-0.05, 0) is 25.1 Å². The summed E-state index contributed by atoms with van der Waals surface area (Å²) in [6.45, 7) is 3.02. The molecule has 0 fully saturated rings. The summed E-state index contributed by atoms with van der Waals surface area (Å²) >= 11 is 0. The van der Waals surface area contributed by atoms with Gasteiger partial charge in [0.05, 0.1) is 18.9 Å². The van der Waals surface area contributed by atoms with Crippen molar-refractivity contribution in [3.8, 4) is 11.6 Å². The number of benzene rings is 1. The summed E-state index contributed by atoms with van der Waals surface area (Å²) < 4.78 is 7.36. The number of rotatable bonds is 6. The molecule has 0 bridgehead atoms. The van der Waals surface area contributed by atoms with Crippen LogP contribution in [0.2, 0.25) is 0 Å². The Morgan fingerprint density at radius 2 is 2.18 bits per heavy atom. The third-order valence-corrected chi connectivity index (χ3v) is 3.15. The maximum Gasteiger partial charge on any atom is 0.245 e. The van der Waals surface area contributed by atoms with Crippen LogP contribution in [0.1, 0.15) is 6.92 Å². The second kappa shape index (κ2) is 6.40. The number of ether oxygens (including phenoxy) is 1. The number of fused-ring (bicyclic) bond motifs is 1. The second-order valence-corrected chi connectivity index (χ2v) is 4.60. The van der Waals surface area contributed by atoms with Crippen molar-refractivity contribution in [2.24, 2.45) is 0 Å². The molecule has 0 aliphatic rings. The standard InChI is InChI=1S/C15H17N5O2/c1-2-22-15-13-14(17-9-18-15)20(10-19-13)12-5-3-4-11(8-12)16-6-7-21/h3-5,8-10,16,21H,2,6-7H2,1H3. The number of hydrogen-bond donors (Lipinski definition) is 2. The van der Waals surface area contributed by atoms with Crippen molar-refractivity contribution in [3.63, 3.8) is 0 Å². The molecule has 0 atom stereocenters. The van der Waals surface area contributed by atoms with Crippen LogP contribution >= 0.6 is 0 Å². The number of aromatic nitrogens is 4. The molecule has 0 unspecified atom stereocenters. The zero-order chi connectivity index (χ0) is 15.4. The van der Waals surface area contributed by atoms with Crippen LogP contribution in [0.25, 0.3) is 16.9 Å². The lowest BCUT2D eigenvalue weighted by Gasteiger charge is -2.08. The first-order valence-corrected chi connectivity index (χ1v) is 7.09. The van der Waals surface area contributed by atoms with E-state index in [2.05, 4.69) is 20.3 Å². The lowest BCUT2D eigenvalue weighted by atomic mass is 10.2. The van der Waals surface area contributed by atoms with Crippen molar-refractivity contribution in [1.82, 2.24) is 19.5 Å². The molecule has 3 aromatic rings. The molecule has 0 saturated heterocycles. The third kappa shape index (κ3) is 2.71. The van der Waals surface area contributed by atoms with E-state index in [9.17, 15) is 0 Å². The molecular formula is C15H17N5O2. The van der Waals surface area contributed by atoms with E-state index >= 15 is 0 Å². The Morgan fingerprint density at radius 3 is 3.00 bits per heavy atom. The fourth-order valence-electron chi connectivity index (χ4n) is 2.21. The topological polar surface area (TPSA) is 85.1 Å². The van der Waals surface area contributed by atoms with Crippen LogP contribution in [0, 0.1) is 0 Å². The SMILES string of the molecule is CCOc1ncnc2c1ncn2-c1cccc(NCCO)c1. The molecule has 1 aromatic carbocycles. The van der Waals surface area contributed by atoms with Gasteiger partial charge in [-0.25, -0.2) is 9.97 Å². The van der Waals surface area contributed by atoms with E-state index in [1.807, 2.05) is 35.8 Å². The van der Waals surface area contributed by atoms with Crippen LogP contribution in [0.15, 0.2) is 36.9 Å². The maximum absolute atomic E-state index is 8.89. The van der Waals surface area contributed by atoms with E-state index in [0.717, 1.165) is 11.4 Å². The summed E-state index contributed by atoms with van der Waals surface area (Å²) in [5.41, 5.74) is 3.18. The highest BCUT2D eigenvalue weighted by Gasteiger charge is 2.12. The molecule has 0 aliphatic carbocycles. The quantitative estimate of drug-likeness (QED) is 0.719. The molecule has 0 amide bonds. The van der Waals surface area contributed by atoms with Gasteiger partial charge < -0.3 is 15.2 Å². The smallest absolute Gasteiger partial charge is 0.245 e. The number of anilines is 1. The van der Waals surface area contributed by atoms with Crippen molar-refractivity contribution in [1.29, 1.82) is 0 Å². The molecule has 3 rings (SSSR count). The van der Waals surface area contributed by atoms with Gasteiger partial charge in [0.15, 0.2) is 11.2 Å². The Kier molecular flexibility index (Phi) is 4.15. The Balaban J connectivity index is 2.01. The van der Waals surface area contributed by atoms with E-state index in [4.69, 9.17) is 9.84 Å². The number of nitrogens with zero attached hydrogens (tertiary/aromatic N) is 4. The zero-order valence-electron chi connectivity index (χ0n) is 12.2. The van der Waals surface area contributed by atoms with Gasteiger partial charge in [0.2, 0.25) is 5.88 Å². The minimum absolute atomic E-state index is 0.0865. The van der Waals surface area contributed by atoms with Gasteiger partial charge in [-0.15, -0.1) is 0 Å². The molecular weight excluding hydrogens is 282 g/mol. The number of imidazole rings is 1. The summed E-state index contributed by atoms with van der Waals surface area (Å²) in [6.07, 6.45) is 3.17. The summed E-state index contributed by atoms with van der Waals surface area (Å²) in [5.74, 6) is 0.487. The molecule has 2 N–H and O–H groups in total. The van der Waals surface area contributed by atoms with Gasteiger partial charge in [-0.3, -0.25) is 4.57 Å². The van der Waals surface area contributed by atoms with Crippen molar-refractivity contribution in [2.45, 2.75) is 6.92 Å². The van der Waals surface area contributed by atoms with Gasteiger partial charge in [-0.1, -0.05) is 6.07 Å². The van der Waals surface area contributed by atoms with Gasteiger partial charge in [-0.2, -0.15) is 4.98 Å². The molecule has 7 heteroatoms. The van der Waals surface area contributed by atoms with Crippen LogP contribution in [-0.4, -0.2) is 44.4 Å². The predicted molar refractivity (Wildman–Crippen MR) is 83.4 cm³/mol. The van der Waals surface area contributed by atoms with Crippen LogP contribution < -0.4 is 10.1 Å². The van der Waals surface area contributed by atoms with Crippen molar-refractivity contribution in [3.05, 3.63) is 36.9 Å². The Bertz CT molecular complexity index is 771. The lowest BCUT2D eigenvalue weighted by molar-refractivity contribution is 0.311. The third-order valence-electron chi connectivity index (χ3n) is 3.15. The first kappa shape index (κ1) is 14.3. The average Bonchev–Trinajstić information content (AvgIpc) is 2.98. The molecule has 0 saturated carbocycles. The largest absolute Gasteiger partial charge is 0.476 e. The van der Waals surface area contributed by atoms with E-state index in [1.54, 1.807) is 6.33 Å². The molecule has 2 heterocycles. The second-order valence-electron chi connectivity index (χ2n) is 4.60. The first-order valence-electron chi connectivity index (χ1n) is 7.09. The summed E-state index contributed by atoms with van der Waals surface area (Å²) in [7, 11) is 0. The van der Waals surface area contributed by atoms with Crippen LogP contribution in [0.3, 0.4) is 0 Å². The summed E-state index contributed by atoms with van der Waals surface area (Å²) in [4.78, 5) is 12.8. The summed E-state index contributed by atoms with van der Waals surface area (Å²) in [6, 6.07) is 7.82. The normalized spacial score (nSPS) is 10.8. The monoisotopic (exact) mass is 299 g/mol. The van der Waals surface area contributed by atoms with E-state index in [1.165, 1.54) is 6.33 Å². The van der Waals surface area contributed by atoms with Crippen molar-refractivity contribution >= 4 is 16.9 Å². The predicted octanol–water partition coefficient (Wildman–Crippen LogP) is 1.62. The van der Waals surface area contributed by atoms with Crippen LogP contribution in [0.4, 0.5) is 5.69 Å². The molecule has 22 heavy (non-hydrogen) atoms. The minimum atomic E-state index is 0.0865. The highest BCUT2D eigenvalue weighted by atomic mass is 16.5. The zero-order valence-corrected chi connectivity index (χ0v) is 12.2. The Hall–Kier alpha value is -2.67. The highest BCUT2D eigenvalue weighted by Crippen LogP contribution is 2.23. The van der Waals surface area contributed by atoms with Crippen molar-refractivity contribution in [2.75, 3.05) is 25.1 Å². The Morgan fingerprint density at radius 1 is 1.27 bits per heavy atom. The lowest BCUT2D eigenvalue weighted by Crippen LogP contribution is -2.05.